The van der Waals surface area contributed by atoms with Gasteiger partial charge in [-0.1, -0.05) is 0 Å². The molecule has 2 heterocycles. The molecule has 2 unspecified atom stereocenters. The van der Waals surface area contributed by atoms with Crippen molar-refractivity contribution < 1.29 is 9.90 Å². The lowest BCUT2D eigenvalue weighted by molar-refractivity contribution is -0.135. The molecule has 1 aliphatic heterocycles. The van der Waals surface area contributed by atoms with Crippen LogP contribution in [0.15, 0.2) is 24.5 Å². The Balaban J connectivity index is 2.10. The number of aromatic nitrogens is 1. The van der Waals surface area contributed by atoms with E-state index < -0.39 is 12.1 Å². The lowest BCUT2D eigenvalue weighted by atomic mass is 10.0. The van der Waals surface area contributed by atoms with E-state index in [-0.39, 0.29) is 5.91 Å². The SMILES string of the molecule is CNC(C(=O)N1CCCC1)C(O)c1ccncc1. The first-order valence-electron chi connectivity index (χ1n) is 6.28. The number of nitrogens with one attached hydrogen (secondary N) is 1. The molecule has 5 heteroatoms. The Morgan fingerprint density at radius 1 is 1.39 bits per heavy atom. The fourth-order valence-corrected chi connectivity index (χ4v) is 2.30. The molecule has 1 saturated heterocycles. The summed E-state index contributed by atoms with van der Waals surface area (Å²) in [6, 6.07) is 2.86. The molecule has 1 aromatic rings. The Bertz CT molecular complexity index is 390. The van der Waals surface area contributed by atoms with E-state index in [2.05, 4.69) is 10.3 Å². The van der Waals surface area contributed by atoms with Crippen LogP contribution >= 0.6 is 0 Å². The standard InChI is InChI=1S/C13H19N3O2/c1-14-11(13(18)16-8-2-3-9-16)12(17)10-4-6-15-7-5-10/h4-7,11-12,14,17H,2-3,8-9H2,1H3. The molecule has 1 aliphatic rings. The van der Waals surface area contributed by atoms with Crippen LogP contribution in [0.25, 0.3) is 0 Å². The summed E-state index contributed by atoms with van der Waals surface area (Å²) >= 11 is 0. The predicted octanol–water partition coefficient (Wildman–Crippen LogP) is 0.325. The molecule has 0 saturated carbocycles. The maximum Gasteiger partial charge on any atom is 0.242 e. The van der Waals surface area contributed by atoms with E-state index in [1.54, 1.807) is 31.6 Å². The average molecular weight is 249 g/mol. The first kappa shape index (κ1) is 13.0. The van der Waals surface area contributed by atoms with Crippen LogP contribution in [0.5, 0.6) is 0 Å². The third-order valence-corrected chi connectivity index (χ3v) is 3.36. The van der Waals surface area contributed by atoms with Gasteiger partial charge in [0.05, 0.1) is 0 Å². The van der Waals surface area contributed by atoms with Crippen molar-refractivity contribution in [1.82, 2.24) is 15.2 Å². The molecule has 2 atom stereocenters. The summed E-state index contributed by atoms with van der Waals surface area (Å²) in [4.78, 5) is 18.0. The van der Waals surface area contributed by atoms with Gasteiger partial charge in [0.25, 0.3) is 0 Å². The zero-order valence-corrected chi connectivity index (χ0v) is 10.5. The van der Waals surface area contributed by atoms with Gasteiger partial charge in [0, 0.05) is 25.5 Å². The Labute approximate surface area is 107 Å². The van der Waals surface area contributed by atoms with Crippen LogP contribution in [-0.2, 0) is 4.79 Å². The van der Waals surface area contributed by atoms with Gasteiger partial charge in [0.2, 0.25) is 5.91 Å². The van der Waals surface area contributed by atoms with Gasteiger partial charge in [-0.05, 0) is 37.6 Å². The van der Waals surface area contributed by atoms with Crippen LogP contribution in [-0.4, -0.2) is 47.1 Å². The zero-order chi connectivity index (χ0) is 13.0. The highest BCUT2D eigenvalue weighted by Crippen LogP contribution is 2.19. The van der Waals surface area contributed by atoms with Crippen LogP contribution in [0.4, 0.5) is 0 Å². The van der Waals surface area contributed by atoms with Crippen LogP contribution in [0, 0.1) is 0 Å². The minimum Gasteiger partial charge on any atom is -0.386 e. The third-order valence-electron chi connectivity index (χ3n) is 3.36. The maximum absolute atomic E-state index is 12.3. The average Bonchev–Trinajstić information content (AvgIpc) is 2.94. The highest BCUT2D eigenvalue weighted by atomic mass is 16.3. The van der Waals surface area contributed by atoms with Gasteiger partial charge in [-0.15, -0.1) is 0 Å². The number of hydrogen-bond acceptors (Lipinski definition) is 4. The molecule has 5 nitrogen and oxygen atoms in total. The molecule has 1 aromatic heterocycles. The van der Waals surface area contributed by atoms with Crippen molar-refractivity contribution >= 4 is 5.91 Å². The number of pyridine rings is 1. The normalized spacial score (nSPS) is 18.7. The number of carbonyl (C=O) groups is 1. The Kier molecular flexibility index (Phi) is 4.28. The van der Waals surface area contributed by atoms with Gasteiger partial charge in [-0.2, -0.15) is 0 Å². The van der Waals surface area contributed by atoms with Crippen LogP contribution in [0.3, 0.4) is 0 Å². The Morgan fingerprint density at radius 3 is 2.56 bits per heavy atom. The number of aliphatic hydroxyl groups excluding tert-OH is 1. The van der Waals surface area contributed by atoms with Gasteiger partial charge in [0.1, 0.15) is 12.1 Å². The number of amides is 1. The van der Waals surface area contributed by atoms with Crippen LogP contribution in [0.1, 0.15) is 24.5 Å². The van der Waals surface area contributed by atoms with Gasteiger partial charge in [0.15, 0.2) is 0 Å². The molecule has 0 aromatic carbocycles. The minimum atomic E-state index is -0.842. The van der Waals surface area contributed by atoms with Crippen molar-refractivity contribution in [2.45, 2.75) is 25.0 Å². The van der Waals surface area contributed by atoms with E-state index >= 15 is 0 Å². The molecular formula is C13H19N3O2. The van der Waals surface area contributed by atoms with E-state index in [0.717, 1.165) is 25.9 Å². The Morgan fingerprint density at radius 2 is 2.00 bits per heavy atom. The summed E-state index contributed by atoms with van der Waals surface area (Å²) in [7, 11) is 1.70. The number of likely N-dealkylation sites (N-methyl/N-ethyl adjacent to an activating group) is 1. The van der Waals surface area contributed by atoms with Gasteiger partial charge in [-0.25, -0.2) is 0 Å². The largest absolute Gasteiger partial charge is 0.386 e. The summed E-state index contributed by atoms with van der Waals surface area (Å²) in [5.74, 6) is -0.0284. The molecule has 0 bridgehead atoms. The van der Waals surface area contributed by atoms with Crippen molar-refractivity contribution in [3.63, 3.8) is 0 Å². The summed E-state index contributed by atoms with van der Waals surface area (Å²) < 4.78 is 0. The number of likely N-dealkylation sites (tertiary alicyclic amines) is 1. The topological polar surface area (TPSA) is 65.5 Å². The van der Waals surface area contributed by atoms with Gasteiger partial charge in [-0.3, -0.25) is 9.78 Å². The first-order chi connectivity index (χ1) is 8.74. The van der Waals surface area contributed by atoms with E-state index in [1.165, 1.54) is 0 Å². The fourth-order valence-electron chi connectivity index (χ4n) is 2.30. The Hall–Kier alpha value is -1.46. The molecule has 18 heavy (non-hydrogen) atoms. The molecule has 2 rings (SSSR count). The van der Waals surface area contributed by atoms with Crippen molar-refractivity contribution in [3.8, 4) is 0 Å². The van der Waals surface area contributed by atoms with Crippen LogP contribution in [0.2, 0.25) is 0 Å². The van der Waals surface area contributed by atoms with E-state index in [1.807, 2.05) is 4.90 Å². The summed E-state index contributed by atoms with van der Waals surface area (Å²) in [5.41, 5.74) is 0.705. The molecule has 2 N–H and O–H groups in total. The highest BCUT2D eigenvalue weighted by Gasteiger charge is 2.31. The molecule has 1 amide bonds. The zero-order valence-electron chi connectivity index (χ0n) is 10.5. The summed E-state index contributed by atoms with van der Waals surface area (Å²) in [6.07, 6.45) is 4.49. The minimum absolute atomic E-state index is 0.0284. The van der Waals surface area contributed by atoms with Crippen molar-refractivity contribution in [3.05, 3.63) is 30.1 Å². The molecule has 0 spiro atoms. The number of rotatable bonds is 4. The second-order valence-electron chi connectivity index (χ2n) is 4.52. The maximum atomic E-state index is 12.3. The number of hydrogen-bond donors (Lipinski definition) is 2. The van der Waals surface area contributed by atoms with E-state index in [0.29, 0.717) is 5.56 Å². The second kappa shape index (κ2) is 5.93. The summed E-state index contributed by atoms with van der Waals surface area (Å²) in [5, 5.41) is 13.2. The fraction of sp³-hybridized carbons (Fsp3) is 0.538. The molecule has 0 radical (unpaired) electrons. The predicted molar refractivity (Wildman–Crippen MR) is 67.9 cm³/mol. The molecule has 98 valence electrons. The van der Waals surface area contributed by atoms with E-state index in [9.17, 15) is 9.90 Å². The third kappa shape index (κ3) is 2.68. The molecular weight excluding hydrogens is 230 g/mol. The van der Waals surface area contributed by atoms with Crippen molar-refractivity contribution in [2.75, 3.05) is 20.1 Å². The quantitative estimate of drug-likeness (QED) is 0.807. The molecule has 0 aliphatic carbocycles. The lowest BCUT2D eigenvalue weighted by Gasteiger charge is -2.26. The van der Waals surface area contributed by atoms with Gasteiger partial charge < -0.3 is 15.3 Å². The van der Waals surface area contributed by atoms with Crippen molar-refractivity contribution in [2.24, 2.45) is 0 Å². The summed E-state index contributed by atoms with van der Waals surface area (Å²) in [6.45, 7) is 1.58. The highest BCUT2D eigenvalue weighted by molar-refractivity contribution is 5.83. The molecule has 1 fully saturated rings. The first-order valence-corrected chi connectivity index (χ1v) is 6.28. The monoisotopic (exact) mass is 249 g/mol. The van der Waals surface area contributed by atoms with Crippen molar-refractivity contribution in [1.29, 1.82) is 0 Å². The lowest BCUT2D eigenvalue weighted by Crippen LogP contribution is -2.47. The number of nitrogens with zero attached hydrogens (tertiary/aromatic N) is 2. The van der Waals surface area contributed by atoms with Gasteiger partial charge >= 0.3 is 0 Å². The van der Waals surface area contributed by atoms with Crippen LogP contribution < -0.4 is 5.32 Å². The second-order valence-corrected chi connectivity index (χ2v) is 4.52. The smallest absolute Gasteiger partial charge is 0.242 e. The number of carbonyl (C=O) groups excluding carboxylic acids is 1. The van der Waals surface area contributed by atoms with E-state index in [4.69, 9.17) is 0 Å². The number of aliphatic hydroxyl groups is 1.